The highest BCUT2D eigenvalue weighted by Crippen LogP contribution is 2.33. The van der Waals surface area contributed by atoms with Gasteiger partial charge >= 0.3 is 6.03 Å². The maximum Gasteiger partial charge on any atom is 0.322 e. The quantitative estimate of drug-likeness (QED) is 0.509. The van der Waals surface area contributed by atoms with E-state index in [-0.39, 0.29) is 6.03 Å². The number of aromatic nitrogens is 2. The predicted octanol–water partition coefficient (Wildman–Crippen LogP) is 5.16. The number of urea groups is 1. The molecular formula is C27H33N5O4. The molecule has 3 aromatic rings. The van der Waals surface area contributed by atoms with Crippen molar-refractivity contribution < 1.29 is 18.8 Å². The van der Waals surface area contributed by atoms with Crippen LogP contribution in [0.25, 0.3) is 11.4 Å². The van der Waals surface area contributed by atoms with Crippen molar-refractivity contribution in [1.29, 1.82) is 0 Å². The van der Waals surface area contributed by atoms with Gasteiger partial charge in [-0.25, -0.2) is 4.79 Å². The summed E-state index contributed by atoms with van der Waals surface area (Å²) in [5.41, 5.74) is 2.66. The average molecular weight is 492 g/mol. The zero-order valence-corrected chi connectivity index (χ0v) is 20.9. The summed E-state index contributed by atoms with van der Waals surface area (Å²) in [4.78, 5) is 21.6. The first-order valence-electron chi connectivity index (χ1n) is 12.6. The lowest BCUT2D eigenvalue weighted by Crippen LogP contribution is -2.50. The third-order valence-corrected chi connectivity index (χ3v) is 7.10. The van der Waals surface area contributed by atoms with Crippen molar-refractivity contribution >= 4 is 17.4 Å². The fourth-order valence-corrected chi connectivity index (χ4v) is 4.96. The number of rotatable bonds is 6. The van der Waals surface area contributed by atoms with Crippen LogP contribution in [0.15, 0.2) is 47.0 Å². The second-order valence-corrected chi connectivity index (χ2v) is 9.31. The molecule has 36 heavy (non-hydrogen) atoms. The van der Waals surface area contributed by atoms with E-state index in [0.717, 1.165) is 43.1 Å². The Kier molecular flexibility index (Phi) is 7.25. The number of benzene rings is 2. The van der Waals surface area contributed by atoms with Crippen LogP contribution in [0, 0.1) is 0 Å². The number of carbonyl (C=O) groups is 1. The normalized spacial score (nSPS) is 16.6. The average Bonchev–Trinajstić information content (AvgIpc) is 3.44. The molecule has 1 saturated carbocycles. The molecule has 1 N–H and O–H groups in total. The highest BCUT2D eigenvalue weighted by molar-refractivity contribution is 5.91. The van der Waals surface area contributed by atoms with Crippen molar-refractivity contribution in [3.8, 4) is 22.9 Å². The van der Waals surface area contributed by atoms with Gasteiger partial charge in [-0.15, -0.1) is 0 Å². The molecule has 0 spiro atoms. The molecule has 2 aromatic carbocycles. The zero-order valence-electron chi connectivity index (χ0n) is 20.9. The fourth-order valence-electron chi connectivity index (χ4n) is 4.96. The minimum atomic E-state index is -0.151. The lowest BCUT2D eigenvalue weighted by molar-refractivity contribution is 0.208. The fraction of sp³-hybridized carbons (Fsp3) is 0.444. The zero-order chi connectivity index (χ0) is 24.9. The van der Waals surface area contributed by atoms with E-state index in [9.17, 15) is 4.79 Å². The van der Waals surface area contributed by atoms with Crippen molar-refractivity contribution in [3.05, 3.63) is 48.4 Å². The van der Waals surface area contributed by atoms with Crippen molar-refractivity contribution in [1.82, 2.24) is 15.0 Å². The third-order valence-electron chi connectivity index (χ3n) is 7.10. The Morgan fingerprint density at radius 2 is 1.72 bits per heavy atom. The van der Waals surface area contributed by atoms with E-state index in [1.165, 1.54) is 19.3 Å². The minimum absolute atomic E-state index is 0.151. The number of hydrogen-bond donors (Lipinski definition) is 1. The number of piperazine rings is 1. The van der Waals surface area contributed by atoms with Gasteiger partial charge in [0.05, 0.1) is 19.9 Å². The Labute approximate surface area is 211 Å². The second kappa shape index (κ2) is 10.9. The van der Waals surface area contributed by atoms with Gasteiger partial charge in [-0.2, -0.15) is 4.98 Å². The first kappa shape index (κ1) is 24.0. The highest BCUT2D eigenvalue weighted by atomic mass is 16.5. The molecule has 1 aromatic heterocycles. The Bertz CT molecular complexity index is 1170. The molecule has 0 atom stereocenters. The van der Waals surface area contributed by atoms with Crippen LogP contribution in [0.3, 0.4) is 0 Å². The van der Waals surface area contributed by atoms with Gasteiger partial charge in [-0.3, -0.25) is 0 Å². The summed E-state index contributed by atoms with van der Waals surface area (Å²) in [6, 6.07) is 13.4. The van der Waals surface area contributed by atoms with Crippen molar-refractivity contribution in [2.45, 2.75) is 38.0 Å². The Balaban J connectivity index is 1.17. The van der Waals surface area contributed by atoms with E-state index in [1.54, 1.807) is 32.4 Å². The largest absolute Gasteiger partial charge is 0.497 e. The smallest absolute Gasteiger partial charge is 0.322 e. The molecule has 0 bridgehead atoms. The van der Waals surface area contributed by atoms with Crippen LogP contribution in [0.5, 0.6) is 11.5 Å². The molecule has 190 valence electrons. The van der Waals surface area contributed by atoms with Crippen molar-refractivity contribution in [3.63, 3.8) is 0 Å². The van der Waals surface area contributed by atoms with E-state index < -0.39 is 0 Å². The monoisotopic (exact) mass is 491 g/mol. The molecule has 0 radical (unpaired) electrons. The van der Waals surface area contributed by atoms with E-state index in [2.05, 4.69) is 32.5 Å². The number of nitrogens with zero attached hydrogens (tertiary/aromatic N) is 4. The topological polar surface area (TPSA) is 93.0 Å². The predicted molar refractivity (Wildman–Crippen MR) is 138 cm³/mol. The Morgan fingerprint density at radius 3 is 2.42 bits per heavy atom. The summed E-state index contributed by atoms with van der Waals surface area (Å²) in [7, 11) is 3.17. The molecule has 2 fully saturated rings. The first-order valence-corrected chi connectivity index (χ1v) is 12.6. The van der Waals surface area contributed by atoms with Crippen LogP contribution in [-0.4, -0.2) is 61.5 Å². The first-order chi connectivity index (χ1) is 17.6. The molecule has 2 heterocycles. The molecule has 5 rings (SSSR count). The number of ether oxygens (including phenoxy) is 2. The van der Waals surface area contributed by atoms with Crippen LogP contribution < -0.4 is 19.7 Å². The number of carbonyl (C=O) groups excluding carboxylic acids is 1. The number of hydrogen-bond acceptors (Lipinski definition) is 7. The second-order valence-electron chi connectivity index (χ2n) is 9.31. The molecule has 2 aliphatic rings. The number of nitrogens with one attached hydrogen (secondary N) is 1. The summed E-state index contributed by atoms with van der Waals surface area (Å²) in [6.45, 7) is 2.73. The lowest BCUT2D eigenvalue weighted by Gasteiger charge is -2.36. The standard InChI is InChI=1S/C27H33N5O4/c1-34-22-12-13-24(35-2)23(18-22)28-27(33)32-16-14-31(15-17-32)21-10-8-19(9-11-21)25-29-26(36-30-25)20-6-4-3-5-7-20/h8-13,18,20H,3-7,14-17H2,1-2H3,(H,28,33). The van der Waals surface area contributed by atoms with Crippen LogP contribution in [-0.2, 0) is 0 Å². The summed E-state index contributed by atoms with van der Waals surface area (Å²) < 4.78 is 16.2. The third kappa shape index (κ3) is 5.24. The van der Waals surface area contributed by atoms with Gasteiger partial charge < -0.3 is 29.1 Å². The van der Waals surface area contributed by atoms with E-state index in [0.29, 0.717) is 42.0 Å². The summed E-state index contributed by atoms with van der Waals surface area (Å²) in [6.07, 6.45) is 6.05. The number of anilines is 2. The van der Waals surface area contributed by atoms with Crippen molar-refractivity contribution in [2.24, 2.45) is 0 Å². The van der Waals surface area contributed by atoms with Crippen LogP contribution in [0.4, 0.5) is 16.2 Å². The van der Waals surface area contributed by atoms with Crippen LogP contribution in [0.1, 0.15) is 43.9 Å². The van der Waals surface area contributed by atoms with Gasteiger partial charge in [0.15, 0.2) is 0 Å². The maximum absolute atomic E-state index is 12.9. The van der Waals surface area contributed by atoms with Gasteiger partial charge in [-0.05, 0) is 49.2 Å². The van der Waals surface area contributed by atoms with Crippen molar-refractivity contribution in [2.75, 3.05) is 50.6 Å². The highest BCUT2D eigenvalue weighted by Gasteiger charge is 2.24. The molecule has 0 unspecified atom stereocenters. The Morgan fingerprint density at radius 1 is 0.972 bits per heavy atom. The summed E-state index contributed by atoms with van der Waals surface area (Å²) in [5.74, 6) is 3.07. The molecule has 1 aliphatic heterocycles. The molecule has 1 saturated heterocycles. The van der Waals surface area contributed by atoms with Gasteiger partial charge in [0.1, 0.15) is 11.5 Å². The summed E-state index contributed by atoms with van der Waals surface area (Å²) in [5, 5.41) is 7.18. The van der Waals surface area contributed by atoms with Crippen LogP contribution in [0.2, 0.25) is 0 Å². The molecule has 1 aliphatic carbocycles. The molecule has 9 nitrogen and oxygen atoms in total. The summed E-state index contributed by atoms with van der Waals surface area (Å²) >= 11 is 0. The molecule has 2 amide bonds. The molecular weight excluding hydrogens is 458 g/mol. The van der Waals surface area contributed by atoms with Gasteiger partial charge in [0.25, 0.3) is 0 Å². The Hall–Kier alpha value is -3.75. The molecule has 9 heteroatoms. The lowest BCUT2D eigenvalue weighted by atomic mass is 9.89. The maximum atomic E-state index is 12.9. The van der Waals surface area contributed by atoms with Gasteiger partial charge in [0.2, 0.25) is 11.7 Å². The van der Waals surface area contributed by atoms with E-state index >= 15 is 0 Å². The SMILES string of the molecule is COc1ccc(OC)c(NC(=O)N2CCN(c3ccc(-c4noc(C5CCCCC5)n4)cc3)CC2)c1. The minimum Gasteiger partial charge on any atom is -0.497 e. The van der Waals surface area contributed by atoms with E-state index in [4.69, 9.17) is 14.0 Å². The van der Waals surface area contributed by atoms with Crippen LogP contribution >= 0.6 is 0 Å². The van der Waals surface area contributed by atoms with E-state index in [1.807, 2.05) is 17.0 Å². The number of amides is 2. The van der Waals surface area contributed by atoms with Gasteiger partial charge in [0, 0.05) is 49.4 Å². The van der Waals surface area contributed by atoms with Gasteiger partial charge in [-0.1, -0.05) is 24.4 Å². The number of methoxy groups -OCH3 is 2.